The Kier molecular flexibility index (Phi) is 2.20. The second kappa shape index (κ2) is 3.51. The van der Waals surface area contributed by atoms with Gasteiger partial charge >= 0.3 is 0 Å². The van der Waals surface area contributed by atoms with Crippen LogP contribution in [-0.2, 0) is 0 Å². The van der Waals surface area contributed by atoms with Gasteiger partial charge in [-0.3, -0.25) is 4.79 Å². The largest absolute Gasteiger partial charge is 0.368 e. The van der Waals surface area contributed by atoms with Gasteiger partial charge in [0.1, 0.15) is 0 Å². The Morgan fingerprint density at radius 2 is 2.07 bits per heavy atom. The molecule has 0 aromatic heterocycles. The number of hydrogen-bond acceptors (Lipinski definition) is 3. The molecule has 1 aromatic rings. The molecule has 0 saturated carbocycles. The zero-order valence-corrected chi connectivity index (χ0v) is 7.42. The lowest BCUT2D eigenvalue weighted by Crippen LogP contribution is -2.42. The minimum atomic E-state index is -0.886. The van der Waals surface area contributed by atoms with Crippen molar-refractivity contribution in [1.82, 2.24) is 10.4 Å². The molecule has 0 bridgehead atoms. The highest BCUT2D eigenvalue weighted by Crippen LogP contribution is 2.08. The number of nitrogens with one attached hydrogen (secondary N) is 1. The summed E-state index contributed by atoms with van der Waals surface area (Å²) in [5.41, 5.74) is 3.20. The van der Waals surface area contributed by atoms with E-state index in [9.17, 15) is 9.90 Å². The van der Waals surface area contributed by atoms with Gasteiger partial charge in [-0.1, -0.05) is 18.2 Å². The number of aliphatic hydroxyl groups excluding tert-OH is 1. The number of aliphatic hydroxyl groups is 1. The molecule has 2 rings (SSSR count). The van der Waals surface area contributed by atoms with Crippen molar-refractivity contribution in [2.75, 3.05) is 0 Å². The van der Waals surface area contributed by atoms with Crippen LogP contribution in [0.5, 0.6) is 0 Å². The summed E-state index contributed by atoms with van der Waals surface area (Å²) in [7, 11) is 0. The zero-order valence-electron chi connectivity index (χ0n) is 7.42. The molecule has 1 amide bonds. The van der Waals surface area contributed by atoms with Crippen molar-refractivity contribution in [2.45, 2.75) is 6.23 Å². The first kappa shape index (κ1) is 8.77. The van der Waals surface area contributed by atoms with Crippen LogP contribution in [0.15, 0.2) is 42.6 Å². The Morgan fingerprint density at radius 3 is 2.64 bits per heavy atom. The van der Waals surface area contributed by atoms with E-state index in [4.69, 9.17) is 0 Å². The SMILES string of the molecule is O=C(c1ccccc1)N1NC=CC1O. The molecule has 14 heavy (non-hydrogen) atoms. The standard InChI is InChI=1S/C10H10N2O2/c13-9-6-7-11-12(9)10(14)8-4-2-1-3-5-8/h1-7,9,11,13H. The molecule has 0 saturated heterocycles. The molecule has 0 fully saturated rings. The van der Waals surface area contributed by atoms with Crippen LogP contribution in [0.4, 0.5) is 0 Å². The van der Waals surface area contributed by atoms with Crippen molar-refractivity contribution in [3.8, 4) is 0 Å². The van der Waals surface area contributed by atoms with Gasteiger partial charge in [-0.25, -0.2) is 5.01 Å². The second-order valence-electron chi connectivity index (χ2n) is 2.94. The van der Waals surface area contributed by atoms with Crippen molar-refractivity contribution in [3.05, 3.63) is 48.2 Å². The third-order valence-electron chi connectivity index (χ3n) is 1.99. The summed E-state index contributed by atoms with van der Waals surface area (Å²) in [6, 6.07) is 8.80. The fraction of sp³-hybridized carbons (Fsp3) is 0.100. The molecule has 4 heteroatoms. The van der Waals surface area contributed by atoms with Crippen molar-refractivity contribution < 1.29 is 9.90 Å². The van der Waals surface area contributed by atoms with Gasteiger partial charge in [0.2, 0.25) is 0 Å². The van der Waals surface area contributed by atoms with Crippen molar-refractivity contribution in [1.29, 1.82) is 0 Å². The van der Waals surface area contributed by atoms with Gasteiger partial charge in [-0.15, -0.1) is 0 Å². The first-order chi connectivity index (χ1) is 6.79. The monoisotopic (exact) mass is 190 g/mol. The molecule has 0 radical (unpaired) electrons. The van der Waals surface area contributed by atoms with Crippen LogP contribution in [0, 0.1) is 0 Å². The minimum Gasteiger partial charge on any atom is -0.368 e. The maximum Gasteiger partial charge on any atom is 0.274 e. The molecule has 72 valence electrons. The number of carbonyl (C=O) groups excluding carboxylic acids is 1. The smallest absolute Gasteiger partial charge is 0.274 e. The lowest BCUT2D eigenvalue weighted by atomic mass is 10.2. The van der Waals surface area contributed by atoms with E-state index in [1.165, 1.54) is 12.3 Å². The number of rotatable bonds is 1. The van der Waals surface area contributed by atoms with Gasteiger partial charge in [0, 0.05) is 11.8 Å². The van der Waals surface area contributed by atoms with E-state index in [0.717, 1.165) is 5.01 Å². The van der Waals surface area contributed by atoms with E-state index >= 15 is 0 Å². The van der Waals surface area contributed by atoms with Crippen LogP contribution in [0.3, 0.4) is 0 Å². The van der Waals surface area contributed by atoms with Gasteiger partial charge in [0.15, 0.2) is 6.23 Å². The summed E-state index contributed by atoms with van der Waals surface area (Å²) in [4.78, 5) is 11.7. The van der Waals surface area contributed by atoms with Crippen LogP contribution in [-0.4, -0.2) is 22.3 Å². The van der Waals surface area contributed by atoms with E-state index in [1.807, 2.05) is 6.07 Å². The van der Waals surface area contributed by atoms with E-state index in [-0.39, 0.29) is 5.91 Å². The zero-order chi connectivity index (χ0) is 9.97. The Morgan fingerprint density at radius 1 is 1.36 bits per heavy atom. The maximum atomic E-state index is 11.7. The van der Waals surface area contributed by atoms with Crippen LogP contribution < -0.4 is 5.43 Å². The molecule has 1 aliphatic rings. The Labute approximate surface area is 81.4 Å². The molecule has 0 spiro atoms. The number of benzene rings is 1. The molecular formula is C10H10N2O2. The average Bonchev–Trinajstić information content (AvgIpc) is 2.65. The van der Waals surface area contributed by atoms with E-state index in [0.29, 0.717) is 5.56 Å². The number of hydrogen-bond donors (Lipinski definition) is 2. The summed E-state index contributed by atoms with van der Waals surface area (Å²) in [6.45, 7) is 0. The summed E-state index contributed by atoms with van der Waals surface area (Å²) >= 11 is 0. The first-order valence-corrected chi connectivity index (χ1v) is 4.28. The molecule has 1 aromatic carbocycles. The molecule has 1 atom stereocenters. The fourth-order valence-corrected chi connectivity index (χ4v) is 1.27. The lowest BCUT2D eigenvalue weighted by molar-refractivity contribution is 0.0242. The summed E-state index contributed by atoms with van der Waals surface area (Å²) in [6.07, 6.45) is 2.15. The molecule has 1 aliphatic heterocycles. The highest BCUT2D eigenvalue weighted by atomic mass is 16.3. The predicted molar refractivity (Wildman–Crippen MR) is 50.9 cm³/mol. The van der Waals surface area contributed by atoms with E-state index < -0.39 is 6.23 Å². The highest BCUT2D eigenvalue weighted by Gasteiger charge is 2.23. The van der Waals surface area contributed by atoms with Gasteiger partial charge in [0.25, 0.3) is 5.91 Å². The van der Waals surface area contributed by atoms with Crippen LogP contribution >= 0.6 is 0 Å². The molecule has 1 unspecified atom stereocenters. The van der Waals surface area contributed by atoms with Crippen molar-refractivity contribution in [3.63, 3.8) is 0 Å². The minimum absolute atomic E-state index is 0.247. The van der Waals surface area contributed by atoms with Crippen LogP contribution in [0.1, 0.15) is 10.4 Å². The van der Waals surface area contributed by atoms with Gasteiger partial charge in [-0.05, 0) is 18.2 Å². The van der Waals surface area contributed by atoms with Gasteiger partial charge in [0.05, 0.1) is 0 Å². The summed E-state index contributed by atoms with van der Waals surface area (Å²) in [5.74, 6) is -0.247. The van der Waals surface area contributed by atoms with E-state index in [2.05, 4.69) is 5.43 Å². The lowest BCUT2D eigenvalue weighted by Gasteiger charge is -2.20. The summed E-state index contributed by atoms with van der Waals surface area (Å²) in [5, 5.41) is 10.5. The quantitative estimate of drug-likeness (QED) is 0.677. The van der Waals surface area contributed by atoms with Crippen LogP contribution in [0.2, 0.25) is 0 Å². The van der Waals surface area contributed by atoms with E-state index in [1.54, 1.807) is 24.3 Å². The highest BCUT2D eigenvalue weighted by molar-refractivity contribution is 5.94. The Balaban J connectivity index is 2.17. The molecule has 1 heterocycles. The topological polar surface area (TPSA) is 52.6 Å². The second-order valence-corrected chi connectivity index (χ2v) is 2.94. The average molecular weight is 190 g/mol. The molecule has 0 aliphatic carbocycles. The molecule has 2 N–H and O–H groups in total. The number of carbonyl (C=O) groups is 1. The van der Waals surface area contributed by atoms with Crippen LogP contribution in [0.25, 0.3) is 0 Å². The predicted octanol–water partition coefficient (Wildman–Crippen LogP) is 0.479. The van der Waals surface area contributed by atoms with Crippen molar-refractivity contribution >= 4 is 5.91 Å². The number of hydrazine groups is 1. The third kappa shape index (κ3) is 1.47. The fourth-order valence-electron chi connectivity index (χ4n) is 1.27. The molecule has 4 nitrogen and oxygen atoms in total. The number of amides is 1. The van der Waals surface area contributed by atoms with Gasteiger partial charge in [-0.2, -0.15) is 0 Å². The number of nitrogens with zero attached hydrogens (tertiary/aromatic N) is 1. The first-order valence-electron chi connectivity index (χ1n) is 4.28. The molecular weight excluding hydrogens is 180 g/mol. The maximum absolute atomic E-state index is 11.7. The Hall–Kier alpha value is -1.81. The van der Waals surface area contributed by atoms with Gasteiger partial charge < -0.3 is 10.5 Å². The summed E-state index contributed by atoms with van der Waals surface area (Å²) < 4.78 is 0. The third-order valence-corrected chi connectivity index (χ3v) is 1.99. The van der Waals surface area contributed by atoms with Crippen molar-refractivity contribution in [2.24, 2.45) is 0 Å². The normalized spacial score (nSPS) is 19.5. The Bertz CT molecular complexity index is 362.